The van der Waals surface area contributed by atoms with E-state index < -0.39 is 0 Å². The molecule has 0 unspecified atom stereocenters. The Labute approximate surface area is 171 Å². The normalized spacial score (nSPS) is 17.2. The smallest absolute Gasteiger partial charge is 0.271 e. The van der Waals surface area contributed by atoms with E-state index in [9.17, 15) is 14.0 Å². The number of hydrogen-bond acceptors (Lipinski definition) is 5. The van der Waals surface area contributed by atoms with E-state index in [-0.39, 0.29) is 23.3 Å². The SMILES string of the molecule is Cc1sc2c(=O)n(C3CC3)cnc2c1C(=O)N1CCN(c2ccccc2F)CC1. The molecule has 6 nitrogen and oxygen atoms in total. The van der Waals surface area contributed by atoms with E-state index in [1.807, 2.05) is 17.9 Å². The summed E-state index contributed by atoms with van der Waals surface area (Å²) >= 11 is 1.35. The van der Waals surface area contributed by atoms with Crippen LogP contribution in [0.4, 0.5) is 10.1 Å². The van der Waals surface area contributed by atoms with Gasteiger partial charge in [-0.05, 0) is 31.9 Å². The fraction of sp³-hybridized carbons (Fsp3) is 0.381. The Morgan fingerprint density at radius 3 is 2.59 bits per heavy atom. The van der Waals surface area contributed by atoms with Crippen LogP contribution in [-0.4, -0.2) is 46.5 Å². The van der Waals surface area contributed by atoms with Crippen molar-refractivity contribution in [3.8, 4) is 0 Å². The molecule has 29 heavy (non-hydrogen) atoms. The maximum Gasteiger partial charge on any atom is 0.271 e. The van der Waals surface area contributed by atoms with Crippen LogP contribution in [0.1, 0.15) is 34.1 Å². The van der Waals surface area contributed by atoms with Gasteiger partial charge in [0.2, 0.25) is 0 Å². The fourth-order valence-electron chi connectivity index (χ4n) is 3.97. The minimum Gasteiger partial charge on any atom is -0.366 e. The molecular weight excluding hydrogens is 391 g/mol. The van der Waals surface area contributed by atoms with Gasteiger partial charge in [0.05, 0.1) is 17.6 Å². The summed E-state index contributed by atoms with van der Waals surface area (Å²) in [6, 6.07) is 6.96. The van der Waals surface area contributed by atoms with Crippen molar-refractivity contribution in [2.24, 2.45) is 0 Å². The molecule has 0 bridgehead atoms. The highest BCUT2D eigenvalue weighted by Crippen LogP contribution is 2.35. The molecule has 2 aromatic heterocycles. The van der Waals surface area contributed by atoms with Crippen molar-refractivity contribution >= 4 is 33.1 Å². The van der Waals surface area contributed by atoms with Crippen LogP contribution in [0.15, 0.2) is 35.4 Å². The highest BCUT2D eigenvalue weighted by molar-refractivity contribution is 7.19. The third-order valence-electron chi connectivity index (χ3n) is 5.71. The number of fused-ring (bicyclic) bond motifs is 1. The monoisotopic (exact) mass is 412 g/mol. The zero-order valence-electron chi connectivity index (χ0n) is 16.1. The maximum atomic E-state index is 14.1. The van der Waals surface area contributed by atoms with Crippen LogP contribution in [0, 0.1) is 12.7 Å². The van der Waals surface area contributed by atoms with Crippen molar-refractivity contribution in [2.45, 2.75) is 25.8 Å². The molecule has 2 aliphatic rings. The topological polar surface area (TPSA) is 58.4 Å². The molecule has 1 amide bonds. The van der Waals surface area contributed by atoms with Crippen molar-refractivity contribution in [2.75, 3.05) is 31.1 Å². The molecule has 0 spiro atoms. The second kappa shape index (κ2) is 6.95. The maximum absolute atomic E-state index is 14.1. The summed E-state index contributed by atoms with van der Waals surface area (Å²) in [5.41, 5.74) is 1.56. The molecular formula is C21H21FN4O2S. The highest BCUT2D eigenvalue weighted by Gasteiger charge is 2.30. The Morgan fingerprint density at radius 2 is 1.90 bits per heavy atom. The quantitative estimate of drug-likeness (QED) is 0.663. The number of aryl methyl sites for hydroxylation is 1. The Morgan fingerprint density at radius 1 is 1.17 bits per heavy atom. The number of anilines is 1. The van der Waals surface area contributed by atoms with E-state index >= 15 is 0 Å². The summed E-state index contributed by atoms with van der Waals surface area (Å²) in [6.45, 7) is 4.01. The molecule has 0 atom stereocenters. The number of para-hydroxylation sites is 1. The van der Waals surface area contributed by atoms with Gasteiger partial charge in [-0.2, -0.15) is 0 Å². The van der Waals surface area contributed by atoms with Crippen molar-refractivity contribution in [1.29, 1.82) is 0 Å². The van der Waals surface area contributed by atoms with Crippen molar-refractivity contribution in [3.05, 3.63) is 57.2 Å². The minimum atomic E-state index is -0.247. The minimum absolute atomic E-state index is 0.0472. The summed E-state index contributed by atoms with van der Waals surface area (Å²) in [4.78, 5) is 35.1. The Bertz CT molecular complexity index is 1160. The molecule has 5 rings (SSSR count). The first kappa shape index (κ1) is 18.3. The lowest BCUT2D eigenvalue weighted by Crippen LogP contribution is -2.49. The number of benzene rings is 1. The fourth-order valence-corrected chi connectivity index (χ4v) is 5.01. The number of aromatic nitrogens is 2. The zero-order valence-corrected chi connectivity index (χ0v) is 16.9. The molecule has 3 heterocycles. The molecule has 1 saturated heterocycles. The van der Waals surface area contributed by atoms with Gasteiger partial charge < -0.3 is 9.80 Å². The Hall–Kier alpha value is -2.74. The van der Waals surface area contributed by atoms with Crippen molar-refractivity contribution < 1.29 is 9.18 Å². The zero-order chi connectivity index (χ0) is 20.1. The Kier molecular flexibility index (Phi) is 4.38. The number of hydrogen-bond donors (Lipinski definition) is 0. The number of halogens is 1. The van der Waals surface area contributed by atoms with Crippen LogP contribution in [-0.2, 0) is 0 Å². The first-order chi connectivity index (χ1) is 14.0. The molecule has 2 fully saturated rings. The third-order valence-corrected chi connectivity index (χ3v) is 6.80. The molecule has 3 aromatic rings. The van der Waals surface area contributed by atoms with Crippen LogP contribution in [0.3, 0.4) is 0 Å². The number of nitrogens with zero attached hydrogens (tertiary/aromatic N) is 4. The number of carbonyl (C=O) groups is 1. The summed E-state index contributed by atoms with van der Waals surface area (Å²) in [5.74, 6) is -0.346. The molecule has 8 heteroatoms. The second-order valence-corrected chi connectivity index (χ2v) is 8.85. The summed E-state index contributed by atoms with van der Waals surface area (Å²) in [7, 11) is 0. The molecule has 150 valence electrons. The first-order valence-electron chi connectivity index (χ1n) is 9.83. The third kappa shape index (κ3) is 3.11. The number of thiophene rings is 1. The lowest BCUT2D eigenvalue weighted by molar-refractivity contribution is 0.0748. The second-order valence-electron chi connectivity index (χ2n) is 7.63. The lowest BCUT2D eigenvalue weighted by atomic mass is 10.1. The summed E-state index contributed by atoms with van der Waals surface area (Å²) in [6.07, 6.45) is 3.60. The average Bonchev–Trinajstić information content (AvgIpc) is 3.51. The Balaban J connectivity index is 1.39. The molecule has 0 radical (unpaired) electrons. The van der Waals surface area contributed by atoms with Crippen LogP contribution in [0.5, 0.6) is 0 Å². The number of rotatable bonds is 3. The van der Waals surface area contributed by atoms with E-state index in [0.29, 0.717) is 47.6 Å². The average molecular weight is 412 g/mol. The van der Waals surface area contributed by atoms with Gasteiger partial charge in [-0.3, -0.25) is 14.2 Å². The predicted octanol–water partition coefficient (Wildman–Crippen LogP) is 3.20. The van der Waals surface area contributed by atoms with Gasteiger partial charge in [0, 0.05) is 37.1 Å². The van der Waals surface area contributed by atoms with E-state index in [1.165, 1.54) is 17.4 Å². The van der Waals surface area contributed by atoms with Gasteiger partial charge in [0.15, 0.2) is 0 Å². The van der Waals surface area contributed by atoms with Crippen molar-refractivity contribution in [1.82, 2.24) is 14.5 Å². The molecule has 0 N–H and O–H groups in total. The standard InChI is InChI=1S/C21H21FN4O2S/c1-13-17(18-19(29-13)21(28)26(12-23-18)14-6-7-14)20(27)25-10-8-24(9-11-25)16-5-3-2-4-15(16)22/h2-5,12,14H,6-11H2,1H3. The lowest BCUT2D eigenvalue weighted by Gasteiger charge is -2.36. The molecule has 1 aliphatic carbocycles. The van der Waals surface area contributed by atoms with Gasteiger partial charge in [-0.25, -0.2) is 9.37 Å². The molecule has 1 aromatic carbocycles. The van der Waals surface area contributed by atoms with Crippen molar-refractivity contribution in [3.63, 3.8) is 0 Å². The number of amides is 1. The largest absolute Gasteiger partial charge is 0.366 e. The molecule has 1 aliphatic heterocycles. The van der Waals surface area contributed by atoms with E-state index in [0.717, 1.165) is 17.7 Å². The number of piperazine rings is 1. The predicted molar refractivity (Wildman–Crippen MR) is 111 cm³/mol. The van der Waals surface area contributed by atoms with Crippen LogP contribution in [0.2, 0.25) is 0 Å². The summed E-state index contributed by atoms with van der Waals surface area (Å²) in [5, 5.41) is 0. The highest BCUT2D eigenvalue weighted by atomic mass is 32.1. The van der Waals surface area contributed by atoms with Gasteiger partial charge in [-0.1, -0.05) is 12.1 Å². The first-order valence-corrected chi connectivity index (χ1v) is 10.6. The van der Waals surface area contributed by atoms with Gasteiger partial charge in [-0.15, -0.1) is 11.3 Å². The van der Waals surface area contributed by atoms with Crippen LogP contribution in [0.25, 0.3) is 10.2 Å². The van der Waals surface area contributed by atoms with Crippen LogP contribution >= 0.6 is 11.3 Å². The molecule has 1 saturated carbocycles. The van der Waals surface area contributed by atoms with Gasteiger partial charge in [0.1, 0.15) is 16.0 Å². The van der Waals surface area contributed by atoms with Gasteiger partial charge >= 0.3 is 0 Å². The van der Waals surface area contributed by atoms with E-state index in [4.69, 9.17) is 0 Å². The number of carbonyl (C=O) groups excluding carboxylic acids is 1. The van der Waals surface area contributed by atoms with E-state index in [2.05, 4.69) is 4.98 Å². The van der Waals surface area contributed by atoms with Gasteiger partial charge in [0.25, 0.3) is 11.5 Å². The van der Waals surface area contributed by atoms with E-state index in [1.54, 1.807) is 27.9 Å². The summed E-state index contributed by atoms with van der Waals surface area (Å²) < 4.78 is 16.3. The van der Waals surface area contributed by atoms with Crippen LogP contribution < -0.4 is 10.5 Å².